The first-order chi connectivity index (χ1) is 12.9. The molecule has 0 saturated carbocycles. The van der Waals surface area contributed by atoms with E-state index in [1.165, 1.54) is 29.8 Å². The predicted molar refractivity (Wildman–Crippen MR) is 106 cm³/mol. The molecule has 2 rings (SSSR count). The average Bonchev–Trinajstić information content (AvgIpc) is 2.63. The molecule has 0 aromatic heterocycles. The first kappa shape index (κ1) is 20.6. The van der Waals surface area contributed by atoms with Crippen LogP contribution in [0.3, 0.4) is 0 Å². The number of likely N-dealkylation sites (N-methyl/N-ethyl adjacent to an activating group) is 1. The normalized spacial score (nSPS) is 11.9. The Labute approximate surface area is 159 Å². The molecular weight excluding hydrogens is 345 g/mol. The zero-order valence-corrected chi connectivity index (χ0v) is 16.0. The number of benzene rings is 2. The molecule has 0 aliphatic carbocycles. The van der Waals surface area contributed by atoms with Crippen LogP contribution in [-0.2, 0) is 9.59 Å². The van der Waals surface area contributed by atoms with Crippen LogP contribution in [-0.4, -0.2) is 36.9 Å². The number of hydrogen-bond donors (Lipinski definition) is 2. The molecule has 0 spiro atoms. The smallest absolute Gasteiger partial charge is 0.238 e. The second-order valence-electron chi connectivity index (χ2n) is 6.71. The van der Waals surface area contributed by atoms with E-state index in [0.29, 0.717) is 11.6 Å². The predicted octanol–water partition coefficient (Wildman–Crippen LogP) is 3.85. The Hall–Kier alpha value is -2.73. The van der Waals surface area contributed by atoms with Crippen molar-refractivity contribution in [1.29, 1.82) is 0 Å². The van der Waals surface area contributed by atoms with Crippen LogP contribution in [0.25, 0.3) is 0 Å². The summed E-state index contributed by atoms with van der Waals surface area (Å²) in [6, 6.07) is 13.3. The SMILES string of the molecule is CC[C@@H](C)c1ccc(NC(=O)CN(C)CC(=O)Nc2ccc(F)cc2)cc1. The zero-order valence-electron chi connectivity index (χ0n) is 16.0. The van der Waals surface area contributed by atoms with E-state index in [1.54, 1.807) is 11.9 Å². The minimum atomic E-state index is -0.362. The highest BCUT2D eigenvalue weighted by atomic mass is 19.1. The van der Waals surface area contributed by atoms with E-state index in [4.69, 9.17) is 0 Å². The quantitative estimate of drug-likeness (QED) is 0.741. The van der Waals surface area contributed by atoms with E-state index in [9.17, 15) is 14.0 Å². The van der Waals surface area contributed by atoms with Crippen molar-refractivity contribution in [3.8, 4) is 0 Å². The Morgan fingerprint density at radius 2 is 1.37 bits per heavy atom. The Kier molecular flexibility index (Phi) is 7.49. The molecule has 144 valence electrons. The number of carbonyl (C=O) groups is 2. The zero-order chi connectivity index (χ0) is 19.8. The molecule has 0 radical (unpaired) electrons. The fraction of sp³-hybridized carbons (Fsp3) is 0.333. The van der Waals surface area contributed by atoms with Gasteiger partial charge in [-0.05, 0) is 61.3 Å². The fourth-order valence-electron chi connectivity index (χ4n) is 2.61. The highest BCUT2D eigenvalue weighted by Gasteiger charge is 2.12. The lowest BCUT2D eigenvalue weighted by molar-refractivity contribution is -0.119. The molecule has 2 aromatic carbocycles. The first-order valence-electron chi connectivity index (χ1n) is 9.01. The number of halogens is 1. The van der Waals surface area contributed by atoms with Gasteiger partial charge in [0.2, 0.25) is 11.8 Å². The van der Waals surface area contributed by atoms with Gasteiger partial charge in [0.1, 0.15) is 5.82 Å². The van der Waals surface area contributed by atoms with Crippen LogP contribution >= 0.6 is 0 Å². The maximum Gasteiger partial charge on any atom is 0.238 e. The van der Waals surface area contributed by atoms with Crippen molar-refractivity contribution in [3.63, 3.8) is 0 Å². The second kappa shape index (κ2) is 9.83. The van der Waals surface area contributed by atoms with Gasteiger partial charge in [-0.3, -0.25) is 14.5 Å². The third kappa shape index (κ3) is 6.83. The highest BCUT2D eigenvalue weighted by Crippen LogP contribution is 2.20. The second-order valence-corrected chi connectivity index (χ2v) is 6.71. The van der Waals surface area contributed by atoms with Gasteiger partial charge in [-0.1, -0.05) is 26.0 Å². The van der Waals surface area contributed by atoms with Gasteiger partial charge in [0.15, 0.2) is 0 Å². The molecule has 0 aliphatic rings. The lowest BCUT2D eigenvalue weighted by atomic mass is 9.99. The maximum absolute atomic E-state index is 12.9. The number of nitrogens with zero attached hydrogens (tertiary/aromatic N) is 1. The largest absolute Gasteiger partial charge is 0.325 e. The molecule has 0 aliphatic heterocycles. The van der Waals surface area contributed by atoms with Crippen LogP contribution in [0, 0.1) is 5.82 Å². The standard InChI is InChI=1S/C21H26FN3O2/c1-4-15(2)16-5-9-18(10-6-16)23-20(26)13-25(3)14-21(27)24-19-11-7-17(22)8-12-19/h5-12,15H,4,13-14H2,1-3H3,(H,23,26)(H,24,27)/t15-/m1/s1. The topological polar surface area (TPSA) is 61.4 Å². The van der Waals surface area contributed by atoms with E-state index in [1.807, 2.05) is 24.3 Å². The summed E-state index contributed by atoms with van der Waals surface area (Å²) in [7, 11) is 1.69. The number of anilines is 2. The number of nitrogens with one attached hydrogen (secondary N) is 2. The van der Waals surface area contributed by atoms with Gasteiger partial charge in [0, 0.05) is 11.4 Å². The highest BCUT2D eigenvalue weighted by molar-refractivity contribution is 5.94. The molecule has 1 atom stereocenters. The number of hydrogen-bond acceptors (Lipinski definition) is 3. The van der Waals surface area contributed by atoms with Crippen molar-refractivity contribution in [1.82, 2.24) is 4.90 Å². The Morgan fingerprint density at radius 1 is 0.926 bits per heavy atom. The van der Waals surface area contributed by atoms with Crippen LogP contribution < -0.4 is 10.6 Å². The summed E-state index contributed by atoms with van der Waals surface area (Å²) in [6.45, 7) is 4.45. The molecule has 0 saturated heterocycles. The fourth-order valence-corrected chi connectivity index (χ4v) is 2.61. The molecule has 0 unspecified atom stereocenters. The lowest BCUT2D eigenvalue weighted by Gasteiger charge is -2.16. The third-order valence-corrected chi connectivity index (χ3v) is 4.33. The van der Waals surface area contributed by atoms with Crippen molar-refractivity contribution >= 4 is 23.2 Å². The van der Waals surface area contributed by atoms with E-state index < -0.39 is 0 Å². The minimum absolute atomic E-state index is 0.0533. The number of amides is 2. The van der Waals surface area contributed by atoms with Crippen LogP contribution in [0.4, 0.5) is 15.8 Å². The van der Waals surface area contributed by atoms with Gasteiger partial charge in [-0.15, -0.1) is 0 Å². The monoisotopic (exact) mass is 371 g/mol. The van der Waals surface area contributed by atoms with Gasteiger partial charge >= 0.3 is 0 Å². The van der Waals surface area contributed by atoms with Crippen LogP contribution in [0.15, 0.2) is 48.5 Å². The summed E-state index contributed by atoms with van der Waals surface area (Å²) in [5.74, 6) is -0.335. The molecule has 0 heterocycles. The van der Waals surface area contributed by atoms with E-state index in [2.05, 4.69) is 24.5 Å². The van der Waals surface area contributed by atoms with Crippen molar-refractivity contribution in [3.05, 3.63) is 59.9 Å². The Bertz CT molecular complexity index is 760. The Morgan fingerprint density at radius 3 is 1.81 bits per heavy atom. The summed E-state index contributed by atoms with van der Waals surface area (Å²) in [6.07, 6.45) is 1.07. The van der Waals surface area contributed by atoms with Gasteiger partial charge in [-0.2, -0.15) is 0 Å². The van der Waals surface area contributed by atoms with Crippen LogP contribution in [0.2, 0.25) is 0 Å². The molecular formula is C21H26FN3O2. The average molecular weight is 371 g/mol. The van der Waals surface area contributed by atoms with Crippen molar-refractivity contribution < 1.29 is 14.0 Å². The molecule has 0 fully saturated rings. The van der Waals surface area contributed by atoms with Gasteiger partial charge in [0.25, 0.3) is 0 Å². The van der Waals surface area contributed by atoms with Gasteiger partial charge in [0.05, 0.1) is 13.1 Å². The molecule has 5 nitrogen and oxygen atoms in total. The minimum Gasteiger partial charge on any atom is -0.325 e. The molecule has 2 amide bonds. The third-order valence-electron chi connectivity index (χ3n) is 4.33. The lowest BCUT2D eigenvalue weighted by Crippen LogP contribution is -2.36. The molecule has 6 heteroatoms. The number of carbonyl (C=O) groups excluding carboxylic acids is 2. The van der Waals surface area contributed by atoms with Crippen LogP contribution in [0.5, 0.6) is 0 Å². The first-order valence-corrected chi connectivity index (χ1v) is 9.01. The van der Waals surface area contributed by atoms with E-state index in [0.717, 1.165) is 12.1 Å². The van der Waals surface area contributed by atoms with E-state index in [-0.39, 0.29) is 30.7 Å². The van der Waals surface area contributed by atoms with Crippen molar-refractivity contribution in [2.75, 3.05) is 30.8 Å². The van der Waals surface area contributed by atoms with Gasteiger partial charge in [-0.25, -0.2) is 4.39 Å². The molecule has 2 aromatic rings. The van der Waals surface area contributed by atoms with Gasteiger partial charge < -0.3 is 10.6 Å². The van der Waals surface area contributed by atoms with Crippen LogP contribution in [0.1, 0.15) is 31.7 Å². The van der Waals surface area contributed by atoms with E-state index >= 15 is 0 Å². The molecule has 0 bridgehead atoms. The van der Waals surface area contributed by atoms with Crippen molar-refractivity contribution in [2.24, 2.45) is 0 Å². The molecule has 2 N–H and O–H groups in total. The molecule has 27 heavy (non-hydrogen) atoms. The summed E-state index contributed by atoms with van der Waals surface area (Å²) in [4.78, 5) is 25.8. The number of rotatable bonds is 8. The summed E-state index contributed by atoms with van der Waals surface area (Å²) < 4.78 is 12.9. The summed E-state index contributed by atoms with van der Waals surface area (Å²) >= 11 is 0. The Balaban J connectivity index is 1.79. The summed E-state index contributed by atoms with van der Waals surface area (Å²) in [5, 5.41) is 5.50. The summed E-state index contributed by atoms with van der Waals surface area (Å²) in [5.41, 5.74) is 2.49. The maximum atomic E-state index is 12.9. The van der Waals surface area contributed by atoms with Crippen molar-refractivity contribution in [2.45, 2.75) is 26.2 Å².